The van der Waals surface area contributed by atoms with Crippen molar-refractivity contribution in [3.8, 4) is 0 Å². The number of nitrogens with two attached hydrogens (primary N) is 1. The lowest BCUT2D eigenvalue weighted by molar-refractivity contribution is -0.124. The number of carbonyl (C=O) groups excluding carboxylic acids is 1. The molecule has 0 saturated heterocycles. The lowest BCUT2D eigenvalue weighted by Gasteiger charge is -2.33. The summed E-state index contributed by atoms with van der Waals surface area (Å²) >= 11 is 0. The van der Waals surface area contributed by atoms with E-state index in [2.05, 4.69) is 12.2 Å². The summed E-state index contributed by atoms with van der Waals surface area (Å²) in [6, 6.07) is 0.0892. The molecule has 1 unspecified atom stereocenters. The molecule has 1 amide bonds. The Morgan fingerprint density at radius 1 is 1.62 bits per heavy atom. The second-order valence-corrected chi connectivity index (χ2v) is 4.18. The van der Waals surface area contributed by atoms with E-state index in [1.165, 1.54) is 0 Å². The van der Waals surface area contributed by atoms with Gasteiger partial charge in [0, 0.05) is 6.04 Å². The summed E-state index contributed by atoms with van der Waals surface area (Å²) in [4.78, 5) is 11.4. The number of hydrogen-bond donors (Lipinski definition) is 2. The number of amides is 1. The van der Waals surface area contributed by atoms with Gasteiger partial charge in [-0.25, -0.2) is 0 Å². The molecule has 76 valence electrons. The molecule has 1 fully saturated rings. The molecule has 1 atom stereocenters. The largest absolute Gasteiger partial charge is 0.352 e. The van der Waals surface area contributed by atoms with Crippen molar-refractivity contribution in [2.75, 3.05) is 0 Å². The molecular weight excluding hydrogens is 164 g/mol. The Balaban J connectivity index is 2.17. The van der Waals surface area contributed by atoms with Gasteiger partial charge in [-0.3, -0.25) is 4.79 Å². The standard InChI is InChI=1S/C10H20N2O/c1-3-4-9(11)10(13)12-8-5-7(2)6-8/h7-9H,3-6,11H2,1-2H3,(H,12,13). The van der Waals surface area contributed by atoms with Crippen molar-refractivity contribution in [1.82, 2.24) is 5.32 Å². The topological polar surface area (TPSA) is 55.1 Å². The summed E-state index contributed by atoms with van der Waals surface area (Å²) in [5.74, 6) is 0.798. The molecule has 13 heavy (non-hydrogen) atoms. The minimum atomic E-state index is -0.305. The minimum Gasteiger partial charge on any atom is -0.352 e. The van der Waals surface area contributed by atoms with Crippen LogP contribution >= 0.6 is 0 Å². The molecule has 0 aromatic carbocycles. The van der Waals surface area contributed by atoms with Crippen molar-refractivity contribution in [2.24, 2.45) is 11.7 Å². The second kappa shape index (κ2) is 4.61. The van der Waals surface area contributed by atoms with Gasteiger partial charge in [-0.05, 0) is 25.2 Å². The third-order valence-corrected chi connectivity index (χ3v) is 2.66. The van der Waals surface area contributed by atoms with E-state index < -0.39 is 0 Å². The molecule has 3 N–H and O–H groups in total. The highest BCUT2D eigenvalue weighted by Crippen LogP contribution is 2.26. The molecular formula is C10H20N2O. The van der Waals surface area contributed by atoms with Crippen molar-refractivity contribution < 1.29 is 4.79 Å². The Morgan fingerprint density at radius 3 is 2.69 bits per heavy atom. The van der Waals surface area contributed by atoms with Crippen LogP contribution in [0.4, 0.5) is 0 Å². The van der Waals surface area contributed by atoms with Crippen LogP contribution in [-0.4, -0.2) is 18.0 Å². The maximum Gasteiger partial charge on any atom is 0.237 e. The highest BCUT2D eigenvalue weighted by atomic mass is 16.2. The molecule has 1 aliphatic carbocycles. The molecule has 1 aliphatic rings. The fourth-order valence-electron chi connectivity index (χ4n) is 1.77. The molecule has 0 aromatic rings. The summed E-state index contributed by atoms with van der Waals surface area (Å²) in [5, 5.41) is 2.97. The second-order valence-electron chi connectivity index (χ2n) is 4.18. The summed E-state index contributed by atoms with van der Waals surface area (Å²) in [6.07, 6.45) is 3.99. The molecule has 1 rings (SSSR count). The monoisotopic (exact) mass is 184 g/mol. The first kappa shape index (κ1) is 10.5. The van der Waals surface area contributed by atoms with E-state index in [4.69, 9.17) is 5.73 Å². The first-order chi connectivity index (χ1) is 6.13. The van der Waals surface area contributed by atoms with Crippen LogP contribution in [-0.2, 0) is 4.79 Å². The number of rotatable bonds is 4. The van der Waals surface area contributed by atoms with E-state index in [1.54, 1.807) is 0 Å². The van der Waals surface area contributed by atoms with Crippen LogP contribution in [0.3, 0.4) is 0 Å². The average molecular weight is 184 g/mol. The van der Waals surface area contributed by atoms with E-state index in [9.17, 15) is 4.79 Å². The van der Waals surface area contributed by atoms with Crippen LogP contribution < -0.4 is 11.1 Å². The zero-order valence-corrected chi connectivity index (χ0v) is 8.55. The van der Waals surface area contributed by atoms with Gasteiger partial charge in [-0.15, -0.1) is 0 Å². The van der Waals surface area contributed by atoms with Crippen LogP contribution in [0.2, 0.25) is 0 Å². The maximum atomic E-state index is 11.4. The van der Waals surface area contributed by atoms with Crippen LogP contribution in [0.25, 0.3) is 0 Å². The third-order valence-electron chi connectivity index (χ3n) is 2.66. The van der Waals surface area contributed by atoms with Gasteiger partial charge >= 0.3 is 0 Å². The highest BCUT2D eigenvalue weighted by Gasteiger charge is 2.27. The molecule has 0 aliphatic heterocycles. The number of carbonyl (C=O) groups is 1. The summed E-state index contributed by atoms with van der Waals surface area (Å²) < 4.78 is 0. The number of nitrogens with one attached hydrogen (secondary N) is 1. The third kappa shape index (κ3) is 2.99. The first-order valence-electron chi connectivity index (χ1n) is 5.19. The molecule has 0 spiro atoms. The zero-order valence-electron chi connectivity index (χ0n) is 8.55. The smallest absolute Gasteiger partial charge is 0.237 e. The van der Waals surface area contributed by atoms with Gasteiger partial charge in [0.15, 0.2) is 0 Å². The predicted molar refractivity (Wildman–Crippen MR) is 53.2 cm³/mol. The van der Waals surface area contributed by atoms with E-state index in [-0.39, 0.29) is 11.9 Å². The lowest BCUT2D eigenvalue weighted by Crippen LogP contribution is -2.49. The molecule has 0 radical (unpaired) electrons. The first-order valence-corrected chi connectivity index (χ1v) is 5.19. The Morgan fingerprint density at radius 2 is 2.23 bits per heavy atom. The van der Waals surface area contributed by atoms with Gasteiger partial charge in [0.05, 0.1) is 6.04 Å². The van der Waals surface area contributed by atoms with Gasteiger partial charge in [0.1, 0.15) is 0 Å². The fourth-order valence-corrected chi connectivity index (χ4v) is 1.77. The fraction of sp³-hybridized carbons (Fsp3) is 0.900. The van der Waals surface area contributed by atoms with Gasteiger partial charge in [0.2, 0.25) is 5.91 Å². The van der Waals surface area contributed by atoms with Crippen LogP contribution in [0.1, 0.15) is 39.5 Å². The van der Waals surface area contributed by atoms with Crippen molar-refractivity contribution in [3.63, 3.8) is 0 Å². The van der Waals surface area contributed by atoms with Gasteiger partial charge < -0.3 is 11.1 Å². The predicted octanol–water partition coefficient (Wildman–Crippen LogP) is 1.03. The quantitative estimate of drug-likeness (QED) is 0.685. The van der Waals surface area contributed by atoms with Crippen molar-refractivity contribution in [2.45, 2.75) is 51.6 Å². The van der Waals surface area contributed by atoms with Crippen LogP contribution in [0.15, 0.2) is 0 Å². The van der Waals surface area contributed by atoms with E-state index in [0.717, 1.165) is 31.6 Å². The minimum absolute atomic E-state index is 0.0266. The summed E-state index contributed by atoms with van der Waals surface area (Å²) in [5.41, 5.74) is 5.68. The van der Waals surface area contributed by atoms with Crippen molar-refractivity contribution >= 4 is 5.91 Å². The lowest BCUT2D eigenvalue weighted by atomic mass is 9.82. The summed E-state index contributed by atoms with van der Waals surface area (Å²) in [6.45, 7) is 4.24. The maximum absolute atomic E-state index is 11.4. The van der Waals surface area contributed by atoms with Crippen LogP contribution in [0, 0.1) is 5.92 Å². The molecule has 3 nitrogen and oxygen atoms in total. The average Bonchev–Trinajstić information content (AvgIpc) is 2.02. The normalized spacial score (nSPS) is 29.2. The SMILES string of the molecule is CCCC(N)C(=O)NC1CC(C)C1. The highest BCUT2D eigenvalue weighted by molar-refractivity contribution is 5.81. The van der Waals surface area contributed by atoms with Crippen molar-refractivity contribution in [1.29, 1.82) is 0 Å². The summed E-state index contributed by atoms with van der Waals surface area (Å²) in [7, 11) is 0. The van der Waals surface area contributed by atoms with E-state index >= 15 is 0 Å². The molecule has 0 aromatic heterocycles. The molecule has 3 heteroatoms. The van der Waals surface area contributed by atoms with E-state index in [1.807, 2.05) is 6.92 Å². The Bertz CT molecular complexity index is 176. The van der Waals surface area contributed by atoms with Gasteiger partial charge in [0.25, 0.3) is 0 Å². The molecule has 0 heterocycles. The van der Waals surface area contributed by atoms with Crippen molar-refractivity contribution in [3.05, 3.63) is 0 Å². The Labute approximate surface area is 80.1 Å². The molecule has 1 saturated carbocycles. The van der Waals surface area contributed by atoms with Crippen LogP contribution in [0.5, 0.6) is 0 Å². The van der Waals surface area contributed by atoms with E-state index in [0.29, 0.717) is 6.04 Å². The Hall–Kier alpha value is -0.570. The Kier molecular flexibility index (Phi) is 3.72. The number of hydrogen-bond acceptors (Lipinski definition) is 2. The van der Waals surface area contributed by atoms with Gasteiger partial charge in [-0.2, -0.15) is 0 Å². The zero-order chi connectivity index (χ0) is 9.84. The molecule has 0 bridgehead atoms. The van der Waals surface area contributed by atoms with Gasteiger partial charge in [-0.1, -0.05) is 20.3 Å².